The number of carbonyl (C=O) groups is 2. The summed E-state index contributed by atoms with van der Waals surface area (Å²) >= 11 is 0. The van der Waals surface area contributed by atoms with E-state index >= 15 is 0 Å². The predicted molar refractivity (Wildman–Crippen MR) is 116 cm³/mol. The number of hydrazine groups is 1. The Morgan fingerprint density at radius 1 is 1.03 bits per heavy atom. The first-order chi connectivity index (χ1) is 14.6. The molecule has 7 heteroatoms. The van der Waals surface area contributed by atoms with Gasteiger partial charge in [0.15, 0.2) is 0 Å². The van der Waals surface area contributed by atoms with Crippen LogP contribution in [0.3, 0.4) is 0 Å². The highest BCUT2D eigenvalue weighted by Crippen LogP contribution is 2.18. The van der Waals surface area contributed by atoms with Crippen molar-refractivity contribution in [2.75, 3.05) is 6.61 Å². The van der Waals surface area contributed by atoms with E-state index in [-0.39, 0.29) is 31.4 Å². The zero-order valence-corrected chi connectivity index (χ0v) is 17.5. The molecule has 0 atom stereocenters. The number of imidazole rings is 1. The third kappa shape index (κ3) is 5.59. The number of aryl methyl sites for hydroxylation is 2. The molecular formula is C23H28N4O3. The van der Waals surface area contributed by atoms with Crippen LogP contribution in [0.4, 0.5) is 0 Å². The Balaban J connectivity index is 1.50. The molecule has 0 radical (unpaired) electrons. The average molecular weight is 409 g/mol. The third-order valence-electron chi connectivity index (χ3n) is 4.81. The van der Waals surface area contributed by atoms with Crippen LogP contribution in [0.25, 0.3) is 11.0 Å². The van der Waals surface area contributed by atoms with E-state index in [1.54, 1.807) is 0 Å². The molecule has 0 unspecified atom stereocenters. The van der Waals surface area contributed by atoms with Crippen molar-refractivity contribution in [2.45, 2.75) is 46.1 Å². The van der Waals surface area contributed by atoms with Gasteiger partial charge in [0.1, 0.15) is 18.1 Å². The summed E-state index contributed by atoms with van der Waals surface area (Å²) in [6, 6.07) is 15.4. The Labute approximate surface area is 176 Å². The maximum Gasteiger partial charge on any atom is 0.258 e. The number of benzene rings is 2. The van der Waals surface area contributed by atoms with Gasteiger partial charge in [-0.1, -0.05) is 43.7 Å². The molecule has 0 fully saturated rings. The molecule has 0 spiro atoms. The highest BCUT2D eigenvalue weighted by Gasteiger charge is 2.14. The highest BCUT2D eigenvalue weighted by molar-refractivity contribution is 5.84. The number of nitrogens with one attached hydrogen (secondary N) is 2. The smallest absolute Gasteiger partial charge is 0.258 e. The second-order valence-electron chi connectivity index (χ2n) is 7.17. The SMILES string of the molecule is CCCCc1nc2ccccc2n1CC(=O)NNC(=O)CCOc1ccccc1C. The second kappa shape index (κ2) is 10.4. The molecule has 0 aliphatic carbocycles. The molecule has 0 aliphatic heterocycles. The maximum atomic E-state index is 12.4. The fourth-order valence-corrected chi connectivity index (χ4v) is 3.18. The highest BCUT2D eigenvalue weighted by atomic mass is 16.5. The van der Waals surface area contributed by atoms with Crippen molar-refractivity contribution in [3.63, 3.8) is 0 Å². The van der Waals surface area contributed by atoms with E-state index in [2.05, 4.69) is 22.8 Å². The molecule has 2 aromatic carbocycles. The van der Waals surface area contributed by atoms with Gasteiger partial charge in [0.25, 0.3) is 5.91 Å². The number of aromatic nitrogens is 2. The van der Waals surface area contributed by atoms with Crippen LogP contribution in [0.2, 0.25) is 0 Å². The van der Waals surface area contributed by atoms with Crippen molar-refractivity contribution < 1.29 is 14.3 Å². The summed E-state index contributed by atoms with van der Waals surface area (Å²) in [7, 11) is 0. The lowest BCUT2D eigenvalue weighted by Gasteiger charge is -2.11. The predicted octanol–water partition coefficient (Wildman–Crippen LogP) is 3.30. The summed E-state index contributed by atoms with van der Waals surface area (Å²) in [4.78, 5) is 29.1. The molecule has 30 heavy (non-hydrogen) atoms. The molecule has 1 heterocycles. The molecule has 0 aliphatic rings. The number of para-hydroxylation sites is 3. The van der Waals surface area contributed by atoms with Crippen molar-refractivity contribution in [3.05, 3.63) is 59.9 Å². The summed E-state index contributed by atoms with van der Waals surface area (Å²) in [5.74, 6) is 1.02. The van der Waals surface area contributed by atoms with Crippen LogP contribution in [-0.4, -0.2) is 28.0 Å². The summed E-state index contributed by atoms with van der Waals surface area (Å²) in [6.45, 7) is 4.40. The Morgan fingerprint density at radius 3 is 2.57 bits per heavy atom. The van der Waals surface area contributed by atoms with Gasteiger partial charge < -0.3 is 9.30 Å². The summed E-state index contributed by atoms with van der Waals surface area (Å²) in [5, 5.41) is 0. The van der Waals surface area contributed by atoms with Crippen molar-refractivity contribution in [2.24, 2.45) is 0 Å². The van der Waals surface area contributed by atoms with E-state index in [1.165, 1.54) is 0 Å². The number of hydrogen-bond acceptors (Lipinski definition) is 4. The van der Waals surface area contributed by atoms with Crippen LogP contribution < -0.4 is 15.6 Å². The molecule has 2 N–H and O–H groups in total. The van der Waals surface area contributed by atoms with Gasteiger partial charge in [-0.3, -0.25) is 20.4 Å². The van der Waals surface area contributed by atoms with E-state index in [1.807, 2.05) is 60.0 Å². The molecule has 0 bridgehead atoms. The Morgan fingerprint density at radius 2 is 1.77 bits per heavy atom. The van der Waals surface area contributed by atoms with Gasteiger partial charge in [-0.25, -0.2) is 4.98 Å². The van der Waals surface area contributed by atoms with Gasteiger partial charge in [0, 0.05) is 6.42 Å². The zero-order chi connectivity index (χ0) is 21.3. The largest absolute Gasteiger partial charge is 0.493 e. The number of unbranched alkanes of at least 4 members (excludes halogenated alkanes) is 1. The zero-order valence-electron chi connectivity index (χ0n) is 17.5. The van der Waals surface area contributed by atoms with E-state index in [4.69, 9.17) is 4.74 Å². The minimum atomic E-state index is -0.307. The summed E-state index contributed by atoms with van der Waals surface area (Å²) in [5.41, 5.74) is 7.73. The third-order valence-corrected chi connectivity index (χ3v) is 4.81. The van der Waals surface area contributed by atoms with Crippen molar-refractivity contribution in [1.82, 2.24) is 20.4 Å². The Hall–Kier alpha value is -3.35. The first-order valence-electron chi connectivity index (χ1n) is 10.3. The van der Waals surface area contributed by atoms with Gasteiger partial charge in [0.05, 0.1) is 24.1 Å². The van der Waals surface area contributed by atoms with Gasteiger partial charge >= 0.3 is 0 Å². The molecule has 158 valence electrons. The molecule has 7 nitrogen and oxygen atoms in total. The van der Waals surface area contributed by atoms with Crippen molar-refractivity contribution in [3.8, 4) is 5.75 Å². The van der Waals surface area contributed by atoms with E-state index < -0.39 is 0 Å². The molecular weight excluding hydrogens is 380 g/mol. The van der Waals surface area contributed by atoms with Crippen LogP contribution in [0.5, 0.6) is 5.75 Å². The lowest BCUT2D eigenvalue weighted by Crippen LogP contribution is -2.43. The van der Waals surface area contributed by atoms with Gasteiger partial charge in [-0.05, 0) is 37.1 Å². The molecule has 3 rings (SSSR count). The lowest BCUT2D eigenvalue weighted by atomic mass is 10.2. The number of rotatable bonds is 9. The summed E-state index contributed by atoms with van der Waals surface area (Å²) < 4.78 is 7.53. The van der Waals surface area contributed by atoms with E-state index in [0.717, 1.165) is 47.4 Å². The number of carbonyl (C=O) groups excluding carboxylic acids is 2. The topological polar surface area (TPSA) is 85.3 Å². The van der Waals surface area contributed by atoms with Crippen LogP contribution in [-0.2, 0) is 22.6 Å². The standard InChI is InChI=1S/C23H28N4O3/c1-3-4-13-21-24-18-10-6-7-11-19(18)27(21)16-23(29)26-25-22(28)14-15-30-20-12-8-5-9-17(20)2/h5-12H,3-4,13-16H2,1-2H3,(H,25,28)(H,26,29). The number of hydrogen-bond donors (Lipinski definition) is 2. The van der Waals surface area contributed by atoms with E-state index in [0.29, 0.717) is 0 Å². The van der Waals surface area contributed by atoms with Gasteiger partial charge in [-0.15, -0.1) is 0 Å². The van der Waals surface area contributed by atoms with Crippen LogP contribution >= 0.6 is 0 Å². The maximum absolute atomic E-state index is 12.4. The Bertz CT molecular complexity index is 1010. The number of nitrogens with zero attached hydrogens (tertiary/aromatic N) is 2. The first-order valence-corrected chi connectivity index (χ1v) is 10.3. The molecule has 0 saturated heterocycles. The normalized spacial score (nSPS) is 10.7. The lowest BCUT2D eigenvalue weighted by molar-refractivity contribution is -0.129. The molecule has 1 aromatic heterocycles. The van der Waals surface area contributed by atoms with Crippen LogP contribution in [0.1, 0.15) is 37.6 Å². The fraction of sp³-hybridized carbons (Fsp3) is 0.348. The van der Waals surface area contributed by atoms with Crippen LogP contribution in [0.15, 0.2) is 48.5 Å². The van der Waals surface area contributed by atoms with Gasteiger partial charge in [0.2, 0.25) is 5.91 Å². The molecule has 0 saturated carbocycles. The monoisotopic (exact) mass is 408 g/mol. The molecule has 2 amide bonds. The van der Waals surface area contributed by atoms with Crippen LogP contribution in [0, 0.1) is 6.92 Å². The number of ether oxygens (including phenoxy) is 1. The summed E-state index contributed by atoms with van der Waals surface area (Å²) in [6.07, 6.45) is 3.00. The minimum Gasteiger partial charge on any atom is -0.493 e. The van der Waals surface area contributed by atoms with E-state index in [9.17, 15) is 9.59 Å². The minimum absolute atomic E-state index is 0.0968. The first kappa shape index (κ1) is 21.4. The molecule has 3 aromatic rings. The quantitative estimate of drug-likeness (QED) is 0.532. The number of fused-ring (bicyclic) bond motifs is 1. The second-order valence-corrected chi connectivity index (χ2v) is 7.17. The van der Waals surface area contributed by atoms with Gasteiger partial charge in [-0.2, -0.15) is 0 Å². The van der Waals surface area contributed by atoms with Crippen molar-refractivity contribution in [1.29, 1.82) is 0 Å². The Kier molecular flexibility index (Phi) is 7.43. The number of amides is 2. The van der Waals surface area contributed by atoms with Crippen molar-refractivity contribution >= 4 is 22.8 Å². The average Bonchev–Trinajstić information content (AvgIpc) is 3.09. The fourth-order valence-electron chi connectivity index (χ4n) is 3.18.